The van der Waals surface area contributed by atoms with E-state index < -0.39 is 11.6 Å². The summed E-state index contributed by atoms with van der Waals surface area (Å²) in [5.41, 5.74) is 0.871. The summed E-state index contributed by atoms with van der Waals surface area (Å²) in [5, 5.41) is 1.46. The summed E-state index contributed by atoms with van der Waals surface area (Å²) in [6, 6.07) is 11.9. The van der Waals surface area contributed by atoms with Crippen molar-refractivity contribution in [1.82, 2.24) is 5.32 Å². The second-order valence-corrected chi connectivity index (χ2v) is 6.83. The molecule has 0 spiro atoms. The molecule has 0 bridgehead atoms. The Balaban J connectivity index is 1.45. The average Bonchev–Trinajstić information content (AvgIpc) is 2.94. The zero-order valence-corrected chi connectivity index (χ0v) is 15.0. The molecule has 1 aliphatic heterocycles. The van der Waals surface area contributed by atoms with Gasteiger partial charge in [-0.15, -0.1) is 13.2 Å². The van der Waals surface area contributed by atoms with Crippen LogP contribution in [-0.4, -0.2) is 29.6 Å². The first kappa shape index (κ1) is 19.9. The van der Waals surface area contributed by atoms with Gasteiger partial charge in [-0.3, -0.25) is 14.9 Å². The zero-order chi connectivity index (χ0) is 20.1. The molecule has 3 rings (SSSR count). The smallest absolute Gasteiger partial charge is 0.458 e. The standard InChI is InChI=1S/C18H14F3NO5S/c19-18(20,21)27-14-7-5-13(6-8-14)26-10-25-12-3-1-11(2-4-12)9-15-16(23)22-17(24)28-15/h1-8,15H,9-10H2,(H,22,23,24). The number of thioether (sulfide) groups is 1. The van der Waals surface area contributed by atoms with Crippen LogP contribution in [-0.2, 0) is 11.2 Å². The molecule has 2 aromatic rings. The first-order chi connectivity index (χ1) is 13.3. The molecule has 0 aromatic heterocycles. The predicted molar refractivity (Wildman–Crippen MR) is 94.3 cm³/mol. The minimum absolute atomic E-state index is 0.145. The number of carbonyl (C=O) groups excluding carboxylic acids is 2. The van der Waals surface area contributed by atoms with E-state index in [2.05, 4.69) is 10.1 Å². The Morgan fingerprint density at radius 2 is 1.43 bits per heavy atom. The topological polar surface area (TPSA) is 73.9 Å². The van der Waals surface area contributed by atoms with Crippen LogP contribution in [0.25, 0.3) is 0 Å². The molecule has 148 valence electrons. The van der Waals surface area contributed by atoms with Crippen LogP contribution in [0.4, 0.5) is 18.0 Å². The van der Waals surface area contributed by atoms with Gasteiger partial charge in [0.2, 0.25) is 12.7 Å². The largest absolute Gasteiger partial charge is 0.573 e. The van der Waals surface area contributed by atoms with Gasteiger partial charge < -0.3 is 14.2 Å². The van der Waals surface area contributed by atoms with Gasteiger partial charge in [0.1, 0.15) is 17.2 Å². The van der Waals surface area contributed by atoms with Crippen LogP contribution < -0.4 is 19.5 Å². The van der Waals surface area contributed by atoms with E-state index in [-0.39, 0.29) is 23.7 Å². The van der Waals surface area contributed by atoms with Crippen molar-refractivity contribution in [2.75, 3.05) is 6.79 Å². The number of hydrogen-bond donors (Lipinski definition) is 1. The third kappa shape index (κ3) is 5.81. The maximum absolute atomic E-state index is 12.1. The van der Waals surface area contributed by atoms with Crippen molar-refractivity contribution in [3.8, 4) is 17.2 Å². The summed E-state index contributed by atoms with van der Waals surface area (Å²) < 4.78 is 50.8. The van der Waals surface area contributed by atoms with Gasteiger partial charge in [0.15, 0.2) is 0 Å². The van der Waals surface area contributed by atoms with E-state index in [0.717, 1.165) is 29.5 Å². The van der Waals surface area contributed by atoms with Gasteiger partial charge in [0, 0.05) is 0 Å². The third-order valence-electron chi connectivity index (χ3n) is 3.62. The number of imide groups is 1. The Hall–Kier alpha value is -2.88. The van der Waals surface area contributed by atoms with E-state index in [0.29, 0.717) is 17.9 Å². The second kappa shape index (κ2) is 8.42. The molecule has 1 N–H and O–H groups in total. The van der Waals surface area contributed by atoms with E-state index in [1.165, 1.54) is 12.1 Å². The Bertz CT molecular complexity index is 840. The van der Waals surface area contributed by atoms with Crippen molar-refractivity contribution in [2.24, 2.45) is 0 Å². The number of carbonyl (C=O) groups is 2. The summed E-state index contributed by atoms with van der Waals surface area (Å²) in [6.07, 6.45) is -4.32. The number of hydrogen-bond acceptors (Lipinski definition) is 6. The number of rotatable bonds is 7. The summed E-state index contributed by atoms with van der Waals surface area (Å²) in [7, 11) is 0. The molecule has 0 aliphatic carbocycles. The van der Waals surface area contributed by atoms with Crippen LogP contribution in [0.5, 0.6) is 17.2 Å². The van der Waals surface area contributed by atoms with E-state index >= 15 is 0 Å². The highest BCUT2D eigenvalue weighted by molar-refractivity contribution is 8.15. The maximum Gasteiger partial charge on any atom is 0.573 e. The average molecular weight is 413 g/mol. The maximum atomic E-state index is 12.1. The lowest BCUT2D eigenvalue weighted by Crippen LogP contribution is -2.25. The molecule has 1 saturated heterocycles. The SMILES string of the molecule is O=C1NC(=O)C(Cc2ccc(OCOc3ccc(OC(F)(F)F)cc3)cc2)S1. The van der Waals surface area contributed by atoms with Crippen molar-refractivity contribution in [3.63, 3.8) is 0 Å². The number of ether oxygens (including phenoxy) is 3. The van der Waals surface area contributed by atoms with E-state index in [9.17, 15) is 22.8 Å². The molecule has 10 heteroatoms. The predicted octanol–water partition coefficient (Wildman–Crippen LogP) is 3.89. The van der Waals surface area contributed by atoms with Crippen molar-refractivity contribution in [2.45, 2.75) is 18.0 Å². The number of halogens is 3. The van der Waals surface area contributed by atoms with Gasteiger partial charge in [0.25, 0.3) is 5.24 Å². The summed E-state index contributed by atoms with van der Waals surface area (Å²) in [5.74, 6) is 0.197. The molecular weight excluding hydrogens is 399 g/mol. The van der Waals surface area contributed by atoms with Crippen LogP contribution in [0, 0.1) is 0 Å². The molecule has 28 heavy (non-hydrogen) atoms. The number of amides is 2. The molecule has 2 amide bonds. The van der Waals surface area contributed by atoms with E-state index in [1.807, 2.05) is 0 Å². The van der Waals surface area contributed by atoms with E-state index in [1.54, 1.807) is 24.3 Å². The third-order valence-corrected chi connectivity index (χ3v) is 4.60. The Morgan fingerprint density at radius 3 is 1.93 bits per heavy atom. The van der Waals surface area contributed by atoms with Gasteiger partial charge in [-0.05, 0) is 48.4 Å². The van der Waals surface area contributed by atoms with E-state index in [4.69, 9.17) is 9.47 Å². The molecule has 1 heterocycles. The first-order valence-corrected chi connectivity index (χ1v) is 8.88. The fourth-order valence-corrected chi connectivity index (χ4v) is 3.23. The van der Waals surface area contributed by atoms with Crippen LogP contribution in [0.3, 0.4) is 0 Å². The molecule has 0 saturated carbocycles. The highest BCUT2D eigenvalue weighted by Crippen LogP contribution is 2.25. The van der Waals surface area contributed by atoms with Crippen molar-refractivity contribution < 1.29 is 37.0 Å². The zero-order valence-electron chi connectivity index (χ0n) is 14.2. The molecule has 1 unspecified atom stereocenters. The molecule has 1 fully saturated rings. The molecule has 6 nitrogen and oxygen atoms in total. The number of nitrogens with one attached hydrogen (secondary N) is 1. The minimum atomic E-state index is -4.74. The highest BCUT2D eigenvalue weighted by atomic mass is 32.2. The second-order valence-electron chi connectivity index (χ2n) is 5.66. The van der Waals surface area contributed by atoms with Crippen LogP contribution >= 0.6 is 11.8 Å². The molecular formula is C18H14F3NO5S. The Labute approximate surface area is 162 Å². The molecule has 1 aliphatic rings. The number of alkyl halides is 3. The minimum Gasteiger partial charge on any atom is -0.458 e. The van der Waals surface area contributed by atoms with Crippen LogP contribution in [0.1, 0.15) is 5.56 Å². The van der Waals surface area contributed by atoms with Gasteiger partial charge in [-0.25, -0.2) is 0 Å². The monoisotopic (exact) mass is 413 g/mol. The van der Waals surface area contributed by atoms with Gasteiger partial charge >= 0.3 is 6.36 Å². The molecule has 1 atom stereocenters. The first-order valence-electron chi connectivity index (χ1n) is 8.00. The normalized spacial score (nSPS) is 16.6. The lowest BCUT2D eigenvalue weighted by Gasteiger charge is -2.11. The van der Waals surface area contributed by atoms with Crippen LogP contribution in [0.15, 0.2) is 48.5 Å². The van der Waals surface area contributed by atoms with Gasteiger partial charge in [-0.1, -0.05) is 23.9 Å². The summed E-state index contributed by atoms with van der Waals surface area (Å²) in [6.45, 7) is -0.145. The van der Waals surface area contributed by atoms with Crippen LogP contribution in [0.2, 0.25) is 0 Å². The van der Waals surface area contributed by atoms with Crippen molar-refractivity contribution in [1.29, 1.82) is 0 Å². The fourth-order valence-electron chi connectivity index (χ4n) is 2.37. The summed E-state index contributed by atoms with van der Waals surface area (Å²) in [4.78, 5) is 22.7. The van der Waals surface area contributed by atoms with Crippen molar-refractivity contribution in [3.05, 3.63) is 54.1 Å². The Morgan fingerprint density at radius 1 is 0.893 bits per heavy atom. The quantitative estimate of drug-likeness (QED) is 0.695. The lowest BCUT2D eigenvalue weighted by molar-refractivity contribution is -0.274. The Kier molecular flexibility index (Phi) is 5.98. The molecule has 2 aromatic carbocycles. The lowest BCUT2D eigenvalue weighted by atomic mass is 10.1. The molecule has 0 radical (unpaired) electrons. The van der Waals surface area contributed by atoms with Gasteiger partial charge in [-0.2, -0.15) is 0 Å². The highest BCUT2D eigenvalue weighted by Gasteiger charge is 2.31. The fraction of sp³-hybridized carbons (Fsp3) is 0.222. The summed E-state index contributed by atoms with van der Waals surface area (Å²) >= 11 is 0.966. The van der Waals surface area contributed by atoms with Crippen molar-refractivity contribution >= 4 is 22.9 Å². The number of benzene rings is 2. The van der Waals surface area contributed by atoms with Gasteiger partial charge in [0.05, 0.1) is 5.25 Å².